The minimum Gasteiger partial charge on any atom is -0.351 e. The van der Waals surface area contributed by atoms with Crippen LogP contribution in [-0.2, 0) is 11.3 Å². The van der Waals surface area contributed by atoms with Gasteiger partial charge in [-0.15, -0.1) is 10.2 Å². The zero-order chi connectivity index (χ0) is 18.4. The fourth-order valence-corrected chi connectivity index (χ4v) is 3.25. The van der Waals surface area contributed by atoms with Crippen LogP contribution in [0.4, 0.5) is 5.95 Å². The maximum absolute atomic E-state index is 12.0. The van der Waals surface area contributed by atoms with Crippen molar-refractivity contribution in [1.29, 1.82) is 0 Å². The largest absolute Gasteiger partial charge is 0.351 e. The van der Waals surface area contributed by atoms with Crippen molar-refractivity contribution in [2.45, 2.75) is 44.3 Å². The number of thioether (sulfide) groups is 1. The molecule has 1 aliphatic carbocycles. The van der Waals surface area contributed by atoms with E-state index in [0.717, 1.165) is 24.1 Å². The molecule has 0 aliphatic heterocycles. The number of nitrogens with zero attached hydrogens (tertiary/aromatic N) is 4. The number of carbonyl (C=O) groups excluding carboxylic acids is 1. The van der Waals surface area contributed by atoms with Gasteiger partial charge >= 0.3 is 0 Å². The lowest BCUT2D eigenvalue weighted by Gasteiger charge is -2.06. The number of amides is 1. The Hall–Kier alpha value is -2.55. The van der Waals surface area contributed by atoms with Gasteiger partial charge in [0.05, 0.1) is 5.75 Å². The highest BCUT2D eigenvalue weighted by Crippen LogP contribution is 2.18. The molecule has 1 saturated carbocycles. The topological polar surface area (TPSA) is 110 Å². The van der Waals surface area contributed by atoms with Crippen LogP contribution in [0.2, 0.25) is 0 Å². The van der Waals surface area contributed by atoms with Crippen molar-refractivity contribution in [3.63, 3.8) is 0 Å². The van der Waals surface area contributed by atoms with Crippen LogP contribution in [0.1, 0.15) is 36.8 Å². The second-order valence-corrected chi connectivity index (χ2v) is 7.17. The first-order valence-electron chi connectivity index (χ1n) is 8.59. The highest BCUT2D eigenvalue weighted by atomic mass is 32.2. The van der Waals surface area contributed by atoms with Gasteiger partial charge in [-0.05, 0) is 38.2 Å². The summed E-state index contributed by atoms with van der Waals surface area (Å²) in [5.74, 6) is 6.46. The Balaban J connectivity index is 1.45. The fraction of sp³-hybridized carbons (Fsp3) is 0.412. The van der Waals surface area contributed by atoms with E-state index in [4.69, 9.17) is 5.84 Å². The Kier molecular flexibility index (Phi) is 6.11. The predicted molar refractivity (Wildman–Crippen MR) is 103 cm³/mol. The summed E-state index contributed by atoms with van der Waals surface area (Å²) in [4.78, 5) is 12.0. The summed E-state index contributed by atoms with van der Waals surface area (Å²) >= 11 is 1.24. The number of nitrogens with two attached hydrogens (primary N) is 1. The Morgan fingerprint density at radius 1 is 1.27 bits per heavy atom. The number of benzene rings is 1. The molecule has 26 heavy (non-hydrogen) atoms. The number of aryl methyl sites for hydroxylation is 1. The highest BCUT2D eigenvalue weighted by Gasteiger charge is 2.13. The summed E-state index contributed by atoms with van der Waals surface area (Å²) in [5, 5.41) is 15.6. The number of nitrogen functional groups attached to an aromatic ring is 1. The minimum atomic E-state index is -0.0840. The predicted octanol–water partition coefficient (Wildman–Crippen LogP) is 2.05. The first kappa shape index (κ1) is 18.2. The number of aromatic nitrogens is 3. The van der Waals surface area contributed by atoms with E-state index in [1.165, 1.54) is 34.8 Å². The second kappa shape index (κ2) is 8.70. The number of carbonyl (C=O) groups is 1. The molecular weight excluding hydrogens is 350 g/mol. The second-order valence-electron chi connectivity index (χ2n) is 6.22. The molecule has 0 unspecified atom stereocenters. The summed E-state index contributed by atoms with van der Waals surface area (Å²) in [5.41, 5.74) is 6.23. The van der Waals surface area contributed by atoms with Crippen molar-refractivity contribution in [1.82, 2.24) is 20.2 Å². The third-order valence-corrected chi connectivity index (χ3v) is 5.04. The molecule has 2 aromatic rings. The van der Waals surface area contributed by atoms with Crippen LogP contribution in [0.3, 0.4) is 0 Å². The molecule has 1 aromatic carbocycles. The lowest BCUT2D eigenvalue weighted by atomic mass is 10.1. The molecule has 1 heterocycles. The van der Waals surface area contributed by atoms with Gasteiger partial charge in [-0.3, -0.25) is 4.79 Å². The molecule has 4 N–H and O–H groups in total. The average Bonchev–Trinajstić information content (AvgIpc) is 3.28. The molecule has 0 radical (unpaired) electrons. The van der Waals surface area contributed by atoms with Crippen LogP contribution >= 0.6 is 11.8 Å². The van der Waals surface area contributed by atoms with E-state index in [1.807, 2.05) is 31.2 Å². The number of hydrogen-bond acceptors (Lipinski definition) is 7. The zero-order valence-corrected chi connectivity index (χ0v) is 15.6. The highest BCUT2D eigenvalue weighted by molar-refractivity contribution is 7.99. The maximum Gasteiger partial charge on any atom is 0.264 e. The molecule has 3 rings (SSSR count). The Bertz CT molecular complexity index is 777. The van der Waals surface area contributed by atoms with Gasteiger partial charge in [-0.1, -0.05) is 41.6 Å². The summed E-state index contributed by atoms with van der Waals surface area (Å²) in [7, 11) is 0. The molecule has 0 bridgehead atoms. The number of hydrogen-bond donors (Lipinski definition) is 3. The third-order valence-electron chi connectivity index (χ3n) is 4.10. The lowest BCUT2D eigenvalue weighted by Crippen LogP contribution is -2.25. The standard InChI is InChI=1S/C17H23N7OS/c1-12-6-8-13(9-7-12)10-19-15(25)11-26-17-23-22-16(24(17)18)21-20-14-4-2-3-5-14/h6-9H,2-5,10-11,18H2,1H3,(H,19,25)(H,21,22). The van der Waals surface area contributed by atoms with Crippen molar-refractivity contribution < 1.29 is 4.79 Å². The van der Waals surface area contributed by atoms with E-state index in [-0.39, 0.29) is 11.7 Å². The molecule has 0 saturated heterocycles. The van der Waals surface area contributed by atoms with Crippen molar-refractivity contribution in [2.24, 2.45) is 5.10 Å². The SMILES string of the molecule is Cc1ccc(CNC(=O)CSc2nnc(NN=C3CCCC3)n2N)cc1. The van der Waals surface area contributed by atoms with Crippen LogP contribution < -0.4 is 16.6 Å². The average molecular weight is 373 g/mol. The zero-order valence-electron chi connectivity index (χ0n) is 14.7. The molecular formula is C17H23N7OS. The summed E-state index contributed by atoms with van der Waals surface area (Å²) < 4.78 is 1.32. The molecule has 1 aliphatic rings. The minimum absolute atomic E-state index is 0.0840. The van der Waals surface area contributed by atoms with E-state index in [9.17, 15) is 4.79 Å². The fourth-order valence-electron chi connectivity index (χ4n) is 2.56. The summed E-state index contributed by atoms with van der Waals surface area (Å²) in [6, 6.07) is 8.05. The number of hydrazone groups is 1. The van der Waals surface area contributed by atoms with Crippen molar-refractivity contribution in [2.75, 3.05) is 17.0 Å². The Labute approximate surface area is 156 Å². The van der Waals surface area contributed by atoms with Gasteiger partial charge in [0.1, 0.15) is 0 Å². The van der Waals surface area contributed by atoms with Crippen LogP contribution in [0, 0.1) is 6.92 Å². The van der Waals surface area contributed by atoms with Crippen molar-refractivity contribution >= 4 is 29.3 Å². The number of rotatable bonds is 7. The maximum atomic E-state index is 12.0. The molecule has 138 valence electrons. The van der Waals surface area contributed by atoms with Gasteiger partial charge in [0.2, 0.25) is 11.1 Å². The molecule has 0 atom stereocenters. The molecule has 8 nitrogen and oxygen atoms in total. The monoisotopic (exact) mass is 373 g/mol. The molecule has 1 fully saturated rings. The van der Waals surface area contributed by atoms with Gasteiger partial charge in [-0.2, -0.15) is 5.10 Å². The van der Waals surface area contributed by atoms with Crippen LogP contribution in [0.5, 0.6) is 0 Å². The number of anilines is 1. The quantitative estimate of drug-likeness (QED) is 0.389. The molecule has 1 aromatic heterocycles. The van der Waals surface area contributed by atoms with Gasteiger partial charge in [-0.25, -0.2) is 10.1 Å². The third kappa shape index (κ3) is 4.98. The van der Waals surface area contributed by atoms with Crippen molar-refractivity contribution in [3.8, 4) is 0 Å². The van der Waals surface area contributed by atoms with Crippen LogP contribution in [0.15, 0.2) is 34.5 Å². The van der Waals surface area contributed by atoms with Gasteiger partial charge < -0.3 is 11.2 Å². The summed E-state index contributed by atoms with van der Waals surface area (Å²) in [6.07, 6.45) is 4.37. The summed E-state index contributed by atoms with van der Waals surface area (Å²) in [6.45, 7) is 2.53. The number of nitrogens with one attached hydrogen (secondary N) is 2. The smallest absolute Gasteiger partial charge is 0.264 e. The molecule has 9 heteroatoms. The van der Waals surface area contributed by atoms with E-state index in [1.54, 1.807) is 0 Å². The van der Waals surface area contributed by atoms with E-state index in [2.05, 4.69) is 26.0 Å². The van der Waals surface area contributed by atoms with E-state index < -0.39 is 0 Å². The first-order chi connectivity index (χ1) is 12.6. The normalized spacial score (nSPS) is 13.7. The Morgan fingerprint density at radius 2 is 2.00 bits per heavy atom. The van der Waals surface area contributed by atoms with Crippen LogP contribution in [0.25, 0.3) is 0 Å². The van der Waals surface area contributed by atoms with Crippen LogP contribution in [-0.4, -0.2) is 32.2 Å². The van der Waals surface area contributed by atoms with Gasteiger partial charge in [0, 0.05) is 12.3 Å². The van der Waals surface area contributed by atoms with E-state index >= 15 is 0 Å². The van der Waals surface area contributed by atoms with Gasteiger partial charge in [0.15, 0.2) is 0 Å². The lowest BCUT2D eigenvalue weighted by molar-refractivity contribution is -0.118. The van der Waals surface area contributed by atoms with E-state index in [0.29, 0.717) is 17.6 Å². The van der Waals surface area contributed by atoms with Crippen molar-refractivity contribution in [3.05, 3.63) is 35.4 Å². The molecule has 1 amide bonds. The molecule has 0 spiro atoms. The Morgan fingerprint density at radius 3 is 2.73 bits per heavy atom. The van der Waals surface area contributed by atoms with Gasteiger partial charge in [0.25, 0.3) is 5.95 Å². The first-order valence-corrected chi connectivity index (χ1v) is 9.57.